The quantitative estimate of drug-likeness (QED) is 0.846. The van der Waals surface area contributed by atoms with Crippen LogP contribution in [-0.4, -0.2) is 15.8 Å². The van der Waals surface area contributed by atoms with Gasteiger partial charge in [-0.25, -0.2) is 4.68 Å². The zero-order chi connectivity index (χ0) is 14.5. The van der Waals surface area contributed by atoms with Crippen LogP contribution >= 0.6 is 11.6 Å². The largest absolute Gasteiger partial charge is 0.379 e. The molecule has 5 heteroatoms. The van der Waals surface area contributed by atoms with Crippen molar-refractivity contribution in [3.8, 4) is 0 Å². The second-order valence-corrected chi connectivity index (χ2v) is 5.73. The first-order valence-electron chi connectivity index (χ1n) is 7.30. The van der Waals surface area contributed by atoms with E-state index in [9.17, 15) is 4.79 Å². The topological polar surface area (TPSA) is 46.9 Å². The minimum absolute atomic E-state index is 0.224. The summed E-state index contributed by atoms with van der Waals surface area (Å²) in [5.41, 5.74) is 0.391. The molecule has 0 amide bonds. The zero-order valence-electron chi connectivity index (χ0n) is 11.9. The smallest absolute Gasteiger partial charge is 0.287 e. The number of aromatic nitrogens is 2. The van der Waals surface area contributed by atoms with E-state index in [0.29, 0.717) is 24.2 Å². The predicted molar refractivity (Wildman–Crippen MR) is 83.4 cm³/mol. The molecule has 0 aromatic carbocycles. The van der Waals surface area contributed by atoms with Crippen molar-refractivity contribution in [3.63, 3.8) is 0 Å². The predicted octanol–water partition coefficient (Wildman–Crippen LogP) is 3.46. The molecule has 1 aliphatic rings. The maximum absolute atomic E-state index is 12.1. The molecule has 2 unspecified atom stereocenters. The normalized spacial score (nSPS) is 22.5. The molecule has 4 nitrogen and oxygen atoms in total. The van der Waals surface area contributed by atoms with E-state index in [1.165, 1.54) is 23.9 Å². The van der Waals surface area contributed by atoms with Crippen molar-refractivity contribution in [1.82, 2.24) is 9.78 Å². The van der Waals surface area contributed by atoms with Gasteiger partial charge in [-0.3, -0.25) is 4.79 Å². The van der Waals surface area contributed by atoms with Crippen molar-refractivity contribution in [1.29, 1.82) is 0 Å². The summed E-state index contributed by atoms with van der Waals surface area (Å²) in [5, 5.41) is 7.78. The summed E-state index contributed by atoms with van der Waals surface area (Å²) in [6.45, 7) is 6.20. The van der Waals surface area contributed by atoms with Crippen molar-refractivity contribution >= 4 is 17.3 Å². The molecule has 1 aromatic rings. The maximum atomic E-state index is 12.1. The van der Waals surface area contributed by atoms with Gasteiger partial charge in [0, 0.05) is 6.04 Å². The minimum atomic E-state index is -0.263. The molecule has 1 heterocycles. The van der Waals surface area contributed by atoms with Gasteiger partial charge in [0.05, 0.1) is 18.4 Å². The fraction of sp³-hybridized carbons (Fsp3) is 0.600. The van der Waals surface area contributed by atoms with Gasteiger partial charge in [-0.15, -0.1) is 6.58 Å². The van der Waals surface area contributed by atoms with Crippen LogP contribution in [0, 0.1) is 5.92 Å². The van der Waals surface area contributed by atoms with Crippen molar-refractivity contribution in [2.75, 3.05) is 5.32 Å². The van der Waals surface area contributed by atoms with E-state index < -0.39 is 0 Å². The van der Waals surface area contributed by atoms with Crippen molar-refractivity contribution in [3.05, 3.63) is 34.2 Å². The fourth-order valence-corrected chi connectivity index (χ4v) is 3.10. The Hall–Kier alpha value is -1.29. The number of rotatable bonds is 5. The first-order chi connectivity index (χ1) is 9.67. The van der Waals surface area contributed by atoms with Crippen LogP contribution < -0.4 is 10.9 Å². The van der Waals surface area contributed by atoms with Gasteiger partial charge in [0.15, 0.2) is 0 Å². The Labute approximate surface area is 124 Å². The summed E-state index contributed by atoms with van der Waals surface area (Å²) in [6.07, 6.45) is 9.32. The lowest BCUT2D eigenvalue weighted by atomic mass is 9.83. The van der Waals surface area contributed by atoms with Gasteiger partial charge in [0.1, 0.15) is 5.02 Å². The molecule has 1 N–H and O–H groups in total. The van der Waals surface area contributed by atoms with Crippen LogP contribution in [0.15, 0.2) is 23.6 Å². The fourth-order valence-electron chi connectivity index (χ4n) is 2.90. The number of anilines is 1. The van der Waals surface area contributed by atoms with Crippen LogP contribution in [0.4, 0.5) is 5.69 Å². The molecular formula is C15H22ClN3O. The molecule has 1 aromatic heterocycles. The number of allylic oxidation sites excluding steroid dienone is 1. The standard InChI is InChI=1S/C15H22ClN3O/c1-3-9-19-15(20)14(16)13(10-17-19)18-12-8-6-5-7-11(12)4-2/h3,10-12,18H,1,4-9H2,2H3. The number of nitrogens with zero attached hydrogens (tertiary/aromatic N) is 2. The Kier molecular flexibility index (Phi) is 5.24. The summed E-state index contributed by atoms with van der Waals surface area (Å²) >= 11 is 6.17. The van der Waals surface area contributed by atoms with Crippen LogP contribution in [0.2, 0.25) is 5.02 Å². The van der Waals surface area contributed by atoms with Crippen LogP contribution in [0.5, 0.6) is 0 Å². The van der Waals surface area contributed by atoms with Gasteiger partial charge in [0.2, 0.25) is 0 Å². The van der Waals surface area contributed by atoms with E-state index in [-0.39, 0.29) is 10.6 Å². The molecule has 1 saturated carbocycles. The first-order valence-corrected chi connectivity index (χ1v) is 7.68. The number of nitrogens with one attached hydrogen (secondary N) is 1. The summed E-state index contributed by atoms with van der Waals surface area (Å²) < 4.78 is 1.32. The summed E-state index contributed by atoms with van der Waals surface area (Å²) in [4.78, 5) is 12.1. The second kappa shape index (κ2) is 6.93. The monoisotopic (exact) mass is 295 g/mol. The van der Waals surface area contributed by atoms with Gasteiger partial charge >= 0.3 is 0 Å². The van der Waals surface area contributed by atoms with Crippen LogP contribution in [0.25, 0.3) is 0 Å². The van der Waals surface area contributed by atoms with Crippen molar-refractivity contribution < 1.29 is 0 Å². The first kappa shape index (κ1) is 15.1. The highest BCUT2D eigenvalue weighted by molar-refractivity contribution is 6.32. The third-order valence-electron chi connectivity index (χ3n) is 4.06. The van der Waals surface area contributed by atoms with E-state index in [2.05, 4.69) is 23.9 Å². The molecule has 110 valence electrons. The second-order valence-electron chi connectivity index (χ2n) is 5.35. The molecule has 1 fully saturated rings. The summed E-state index contributed by atoms with van der Waals surface area (Å²) in [5.74, 6) is 0.649. The Morgan fingerprint density at radius 3 is 3.00 bits per heavy atom. The molecule has 0 aliphatic heterocycles. The van der Waals surface area contributed by atoms with Crippen molar-refractivity contribution in [2.24, 2.45) is 5.92 Å². The highest BCUT2D eigenvalue weighted by Gasteiger charge is 2.24. The number of halogens is 1. The number of hydrogen-bond donors (Lipinski definition) is 1. The van der Waals surface area contributed by atoms with E-state index >= 15 is 0 Å². The average molecular weight is 296 g/mol. The van der Waals surface area contributed by atoms with Crippen LogP contribution in [-0.2, 0) is 6.54 Å². The number of hydrogen-bond acceptors (Lipinski definition) is 3. The van der Waals surface area contributed by atoms with E-state index in [1.807, 2.05) is 0 Å². The van der Waals surface area contributed by atoms with Crippen molar-refractivity contribution in [2.45, 2.75) is 51.6 Å². The third kappa shape index (κ3) is 3.23. The Morgan fingerprint density at radius 1 is 1.55 bits per heavy atom. The highest BCUT2D eigenvalue weighted by atomic mass is 35.5. The molecule has 2 atom stereocenters. The Morgan fingerprint density at radius 2 is 2.30 bits per heavy atom. The van der Waals surface area contributed by atoms with E-state index in [1.54, 1.807) is 12.3 Å². The summed E-state index contributed by atoms with van der Waals surface area (Å²) in [6, 6.07) is 0.391. The van der Waals surface area contributed by atoms with Gasteiger partial charge in [-0.1, -0.05) is 43.9 Å². The zero-order valence-corrected chi connectivity index (χ0v) is 12.7. The third-order valence-corrected chi connectivity index (χ3v) is 4.43. The molecule has 20 heavy (non-hydrogen) atoms. The lowest BCUT2D eigenvalue weighted by molar-refractivity contribution is 0.317. The molecule has 2 rings (SSSR count). The lowest BCUT2D eigenvalue weighted by Gasteiger charge is -2.32. The van der Waals surface area contributed by atoms with Gasteiger partial charge in [-0.05, 0) is 18.8 Å². The molecular weight excluding hydrogens is 274 g/mol. The van der Waals surface area contributed by atoms with E-state index in [0.717, 1.165) is 12.8 Å². The van der Waals surface area contributed by atoms with Gasteiger partial charge in [-0.2, -0.15) is 5.10 Å². The Bertz CT molecular complexity index is 526. The summed E-state index contributed by atoms with van der Waals surface area (Å²) in [7, 11) is 0. The Balaban J connectivity index is 2.19. The minimum Gasteiger partial charge on any atom is -0.379 e. The lowest BCUT2D eigenvalue weighted by Crippen LogP contribution is -2.33. The molecule has 0 spiro atoms. The van der Waals surface area contributed by atoms with Crippen LogP contribution in [0.1, 0.15) is 39.0 Å². The van der Waals surface area contributed by atoms with Gasteiger partial charge < -0.3 is 5.32 Å². The van der Waals surface area contributed by atoms with Gasteiger partial charge in [0.25, 0.3) is 5.56 Å². The maximum Gasteiger partial charge on any atom is 0.287 e. The molecule has 1 aliphatic carbocycles. The van der Waals surface area contributed by atoms with E-state index in [4.69, 9.17) is 11.6 Å². The highest BCUT2D eigenvalue weighted by Crippen LogP contribution is 2.30. The SMILES string of the molecule is C=CCn1ncc(NC2CCCCC2CC)c(Cl)c1=O. The average Bonchev–Trinajstić information content (AvgIpc) is 2.47. The molecule has 0 saturated heterocycles. The van der Waals surface area contributed by atoms with Crippen LogP contribution in [0.3, 0.4) is 0 Å². The molecule has 0 bridgehead atoms. The molecule has 0 radical (unpaired) electrons.